The van der Waals surface area contributed by atoms with Crippen molar-refractivity contribution in [2.24, 2.45) is 0 Å². The predicted molar refractivity (Wildman–Crippen MR) is 108 cm³/mol. The topological polar surface area (TPSA) is 48.0 Å². The Bertz CT molecular complexity index is 853. The smallest absolute Gasteiger partial charge is 0.466 e. The number of hydrogen-bond donors (Lipinski definition) is 0. The largest absolute Gasteiger partial charge is 0.625 e. The van der Waals surface area contributed by atoms with Crippen molar-refractivity contribution in [3.8, 4) is 0 Å². The third kappa shape index (κ3) is 2.89. The quantitative estimate of drug-likeness (QED) is 0.612. The molecule has 2 saturated heterocycles. The van der Waals surface area contributed by atoms with Crippen molar-refractivity contribution in [2.75, 3.05) is 4.90 Å². The number of rotatable bonds is 2. The highest BCUT2D eigenvalue weighted by Crippen LogP contribution is 2.52. The first-order valence-corrected chi connectivity index (χ1v) is 9.82. The van der Waals surface area contributed by atoms with Gasteiger partial charge in [-0.1, -0.05) is 51.8 Å². The molecule has 2 aromatic rings. The molecule has 0 saturated carbocycles. The molecule has 142 valence electrons. The van der Waals surface area contributed by atoms with E-state index in [0.29, 0.717) is 0 Å². The predicted octanol–water partition coefficient (Wildman–Crippen LogP) is 5.23. The second-order valence-electron chi connectivity index (χ2n) is 8.04. The molecule has 0 radical (unpaired) electrons. The maximum Gasteiger partial charge on any atom is 0.466 e. The molecular formula is C20H22BBrNO4-. The monoisotopic (exact) mass is 430 g/mol. The van der Waals surface area contributed by atoms with Gasteiger partial charge in [0.2, 0.25) is 0 Å². The molecule has 0 bridgehead atoms. The number of halogens is 1. The van der Waals surface area contributed by atoms with E-state index in [0.717, 1.165) is 15.7 Å². The van der Waals surface area contributed by atoms with Crippen LogP contribution < -0.4 is 4.90 Å². The van der Waals surface area contributed by atoms with Gasteiger partial charge in [0.25, 0.3) is 0 Å². The molecule has 2 aromatic carbocycles. The summed E-state index contributed by atoms with van der Waals surface area (Å²) in [4.78, 5) is 14.6. The van der Waals surface area contributed by atoms with Crippen LogP contribution in [0.1, 0.15) is 39.2 Å². The van der Waals surface area contributed by atoms with Crippen LogP contribution in [0.3, 0.4) is 0 Å². The summed E-state index contributed by atoms with van der Waals surface area (Å²) in [5, 5.41) is 0. The zero-order valence-electron chi connectivity index (χ0n) is 15.8. The Hall–Kier alpha value is -1.83. The van der Waals surface area contributed by atoms with Gasteiger partial charge in [-0.2, -0.15) is 0 Å². The van der Waals surface area contributed by atoms with Crippen LogP contribution >= 0.6 is 15.9 Å². The second kappa shape index (κ2) is 6.09. The number of carbonyl (C=O) groups excluding carboxylic acids is 1. The number of benzene rings is 2. The van der Waals surface area contributed by atoms with Gasteiger partial charge >= 0.3 is 12.8 Å². The first-order valence-electron chi connectivity index (χ1n) is 9.02. The van der Waals surface area contributed by atoms with E-state index in [1.165, 1.54) is 0 Å². The maximum atomic E-state index is 13.0. The number of nitrogens with zero attached hydrogens (tertiary/aromatic N) is 1. The maximum absolute atomic E-state index is 13.0. The molecular weight excluding hydrogens is 409 g/mol. The molecule has 2 aliphatic heterocycles. The van der Waals surface area contributed by atoms with Gasteiger partial charge in [0, 0.05) is 27.3 Å². The Morgan fingerprint density at radius 1 is 0.926 bits per heavy atom. The average molecular weight is 431 g/mol. The second-order valence-corrected chi connectivity index (χ2v) is 8.95. The van der Waals surface area contributed by atoms with Crippen LogP contribution in [0, 0.1) is 0 Å². The summed E-state index contributed by atoms with van der Waals surface area (Å²) in [6.45, 7) is 5.48. The van der Waals surface area contributed by atoms with Gasteiger partial charge in [-0.3, -0.25) is 0 Å². The van der Waals surface area contributed by atoms with Crippen molar-refractivity contribution in [2.45, 2.75) is 44.8 Å². The number of carbonyl (C=O) groups is 1. The van der Waals surface area contributed by atoms with Gasteiger partial charge in [0.1, 0.15) is 0 Å². The third-order valence-corrected chi connectivity index (χ3v) is 6.27. The SMILES string of the molecule is CC1(C)O[B-]2(OC(=O)N(c3ccccc3)C2c2ccc(Br)cc2)OC1(C)C. The van der Waals surface area contributed by atoms with Crippen molar-refractivity contribution >= 4 is 34.5 Å². The van der Waals surface area contributed by atoms with Crippen LogP contribution in [-0.4, -0.2) is 24.0 Å². The normalized spacial score (nSPS) is 25.0. The minimum Gasteiger partial charge on any atom is -0.625 e. The van der Waals surface area contributed by atoms with Crippen LogP contribution in [0.4, 0.5) is 10.5 Å². The lowest BCUT2D eigenvalue weighted by atomic mass is 9.65. The number of para-hydroxylation sites is 1. The molecule has 5 nitrogen and oxygen atoms in total. The van der Waals surface area contributed by atoms with E-state index in [2.05, 4.69) is 15.9 Å². The highest BCUT2D eigenvalue weighted by atomic mass is 79.9. The Morgan fingerprint density at radius 2 is 1.48 bits per heavy atom. The van der Waals surface area contributed by atoms with Crippen molar-refractivity contribution < 1.29 is 18.8 Å². The lowest BCUT2D eigenvalue weighted by Crippen LogP contribution is -2.47. The minimum absolute atomic E-state index is 0.470. The molecule has 4 rings (SSSR count). The fourth-order valence-corrected chi connectivity index (χ4v) is 4.03. The number of hydrogen-bond acceptors (Lipinski definition) is 4. The molecule has 0 N–H and O–H groups in total. The van der Waals surface area contributed by atoms with Crippen LogP contribution in [0.25, 0.3) is 0 Å². The van der Waals surface area contributed by atoms with Crippen molar-refractivity contribution in [1.29, 1.82) is 0 Å². The molecule has 0 aliphatic carbocycles. The van der Waals surface area contributed by atoms with Crippen molar-refractivity contribution in [3.05, 3.63) is 64.6 Å². The fourth-order valence-electron chi connectivity index (χ4n) is 3.76. The molecule has 0 aromatic heterocycles. The molecule has 1 amide bonds. The number of anilines is 1. The summed E-state index contributed by atoms with van der Waals surface area (Å²) in [7, 11) is 0. The summed E-state index contributed by atoms with van der Waals surface area (Å²) in [6.07, 6.45) is -0.470. The lowest BCUT2D eigenvalue weighted by molar-refractivity contribution is 0.00578. The average Bonchev–Trinajstić information content (AvgIpc) is 2.96. The van der Waals surface area contributed by atoms with Crippen LogP contribution in [0.5, 0.6) is 0 Å². The zero-order chi connectivity index (χ0) is 19.4. The van der Waals surface area contributed by atoms with E-state index in [1.807, 2.05) is 82.3 Å². The van der Waals surface area contributed by atoms with Gasteiger partial charge < -0.3 is 18.9 Å². The summed E-state index contributed by atoms with van der Waals surface area (Å²) in [5.41, 5.74) is 0.395. The van der Waals surface area contributed by atoms with Gasteiger partial charge in [-0.05, 0) is 52.0 Å². The Kier molecular flexibility index (Phi) is 4.18. The van der Waals surface area contributed by atoms with E-state index >= 15 is 0 Å². The van der Waals surface area contributed by atoms with Gasteiger partial charge in [0.05, 0.1) is 0 Å². The van der Waals surface area contributed by atoms with E-state index in [9.17, 15) is 4.79 Å². The van der Waals surface area contributed by atoms with Crippen LogP contribution in [-0.2, 0) is 14.0 Å². The molecule has 1 spiro atoms. The van der Waals surface area contributed by atoms with E-state index < -0.39 is 30.0 Å². The molecule has 2 heterocycles. The lowest BCUT2D eigenvalue weighted by Gasteiger charge is -2.37. The summed E-state index contributed by atoms with van der Waals surface area (Å²) in [6, 6.07) is 17.3. The summed E-state index contributed by atoms with van der Waals surface area (Å²) < 4.78 is 19.5. The van der Waals surface area contributed by atoms with Crippen molar-refractivity contribution in [3.63, 3.8) is 0 Å². The fraction of sp³-hybridized carbons (Fsp3) is 0.350. The summed E-state index contributed by atoms with van der Waals surface area (Å²) >= 11 is 3.47. The highest BCUT2D eigenvalue weighted by molar-refractivity contribution is 9.10. The first-order chi connectivity index (χ1) is 12.7. The third-order valence-electron chi connectivity index (χ3n) is 5.74. The van der Waals surface area contributed by atoms with E-state index in [-0.39, 0.29) is 0 Å². The Labute approximate surface area is 167 Å². The summed E-state index contributed by atoms with van der Waals surface area (Å²) in [5.74, 6) is -0.519. The molecule has 27 heavy (non-hydrogen) atoms. The van der Waals surface area contributed by atoms with E-state index in [1.54, 1.807) is 4.90 Å². The van der Waals surface area contributed by atoms with Gasteiger partial charge in [-0.25, -0.2) is 4.79 Å². The highest BCUT2D eigenvalue weighted by Gasteiger charge is 2.64. The number of amides is 1. The van der Waals surface area contributed by atoms with Crippen LogP contribution in [0.2, 0.25) is 0 Å². The van der Waals surface area contributed by atoms with Gasteiger partial charge in [0.15, 0.2) is 0 Å². The Morgan fingerprint density at radius 3 is 2.04 bits per heavy atom. The molecule has 1 unspecified atom stereocenters. The van der Waals surface area contributed by atoms with E-state index in [4.69, 9.17) is 14.0 Å². The molecule has 2 aliphatic rings. The van der Waals surface area contributed by atoms with Crippen LogP contribution in [0.15, 0.2) is 59.1 Å². The minimum atomic E-state index is -2.36. The molecule has 7 heteroatoms. The zero-order valence-corrected chi connectivity index (χ0v) is 17.4. The van der Waals surface area contributed by atoms with Crippen molar-refractivity contribution in [1.82, 2.24) is 0 Å². The molecule has 1 atom stereocenters. The van der Waals surface area contributed by atoms with Gasteiger partial charge in [-0.15, -0.1) is 0 Å². The Balaban J connectivity index is 1.87. The first kappa shape index (κ1) is 18.5. The standard InChI is InChI=1S/C20H22BBrNO4/c1-19(2)20(3,4)27-21(26-19)17(14-10-12-15(22)13-11-14)23(18(24)25-21)16-8-6-5-7-9-16/h5-13,17H,1-4H3/q-1. The molecule has 2 fully saturated rings.